The molecule has 0 saturated carbocycles. The summed E-state index contributed by atoms with van der Waals surface area (Å²) in [6, 6.07) is 13.3. The van der Waals surface area contributed by atoms with Crippen LogP contribution in [0.25, 0.3) is 32.8 Å². The summed E-state index contributed by atoms with van der Waals surface area (Å²) in [6.07, 6.45) is 4.08. The Bertz CT molecular complexity index is 1610. The fraction of sp³-hybridized carbons (Fsp3) is 0.438. The van der Waals surface area contributed by atoms with Crippen molar-refractivity contribution in [2.45, 2.75) is 37.8 Å². The fourth-order valence-electron chi connectivity index (χ4n) is 6.64. The number of morpholine rings is 1. The Morgan fingerprint density at radius 3 is 2.83 bits per heavy atom. The number of anilines is 1. The van der Waals surface area contributed by atoms with Gasteiger partial charge in [0.2, 0.25) is 0 Å². The Hall–Kier alpha value is -3.24. The predicted molar refractivity (Wildman–Crippen MR) is 163 cm³/mol. The molecule has 0 radical (unpaired) electrons. The van der Waals surface area contributed by atoms with Crippen LogP contribution in [-0.2, 0) is 4.74 Å². The first-order chi connectivity index (χ1) is 20.5. The number of rotatable bonds is 7. The summed E-state index contributed by atoms with van der Waals surface area (Å²) >= 11 is 6.88. The number of hydrogen-bond donors (Lipinski definition) is 2. The number of phenolic OH excluding ortho intramolecular Hbond substituents is 1. The molecule has 3 aromatic carbocycles. The molecule has 4 saturated heterocycles. The smallest absolute Gasteiger partial charge is 0.319 e. The first-order valence-corrected chi connectivity index (χ1v) is 15.3. The van der Waals surface area contributed by atoms with Crippen molar-refractivity contribution in [1.82, 2.24) is 20.2 Å². The Morgan fingerprint density at radius 1 is 1.10 bits per heavy atom. The minimum Gasteiger partial charge on any atom is -0.508 e. The molecule has 4 aromatic rings. The van der Waals surface area contributed by atoms with Crippen molar-refractivity contribution in [3.63, 3.8) is 0 Å². The van der Waals surface area contributed by atoms with Crippen molar-refractivity contribution < 1.29 is 19.0 Å². The lowest BCUT2D eigenvalue weighted by atomic mass is 9.96. The minimum absolute atomic E-state index is 0.0417. The molecule has 2 atom stereocenters. The zero-order chi connectivity index (χ0) is 28.6. The average molecular weight is 592 g/mol. The molecule has 2 unspecified atom stereocenters. The Labute approximate surface area is 249 Å². The Kier molecular flexibility index (Phi) is 7.75. The highest BCUT2D eigenvalue weighted by Crippen LogP contribution is 2.43. The van der Waals surface area contributed by atoms with Gasteiger partial charge in [0.1, 0.15) is 17.1 Å². The first-order valence-electron chi connectivity index (χ1n) is 14.9. The van der Waals surface area contributed by atoms with Gasteiger partial charge in [0, 0.05) is 55.8 Å². The predicted octanol–water partition coefficient (Wildman–Crippen LogP) is 5.38. The topological polar surface area (TPSA) is 83.0 Å². The van der Waals surface area contributed by atoms with Crippen LogP contribution in [0.15, 0.2) is 42.5 Å². The van der Waals surface area contributed by atoms with Gasteiger partial charge in [0.15, 0.2) is 5.82 Å². The SMILES string of the molecule is Oc1cc(-c2c(Cl)cc3c(N4CC5CCCC4CN5)nc(OCCCN4CCOCC4)nc3c2F)c2ccccc2c1. The number of aromatic nitrogens is 2. The summed E-state index contributed by atoms with van der Waals surface area (Å²) in [7, 11) is 0. The number of aromatic hydroxyl groups is 1. The summed E-state index contributed by atoms with van der Waals surface area (Å²) in [4.78, 5) is 14.2. The van der Waals surface area contributed by atoms with E-state index in [-0.39, 0.29) is 33.9 Å². The third-order valence-corrected chi connectivity index (χ3v) is 9.07. The van der Waals surface area contributed by atoms with Gasteiger partial charge in [-0.1, -0.05) is 35.9 Å². The van der Waals surface area contributed by atoms with Crippen LogP contribution in [0.4, 0.5) is 10.2 Å². The third-order valence-electron chi connectivity index (χ3n) is 8.77. The maximum atomic E-state index is 16.7. The van der Waals surface area contributed by atoms with Gasteiger partial charge in [-0.15, -0.1) is 0 Å². The van der Waals surface area contributed by atoms with Gasteiger partial charge < -0.3 is 24.8 Å². The van der Waals surface area contributed by atoms with Gasteiger partial charge in [0.05, 0.1) is 24.8 Å². The number of fused-ring (bicyclic) bond motifs is 6. The van der Waals surface area contributed by atoms with E-state index in [1.807, 2.05) is 24.3 Å². The lowest BCUT2D eigenvalue weighted by Crippen LogP contribution is -2.54. The molecule has 0 spiro atoms. The number of hydrogen-bond acceptors (Lipinski definition) is 8. The van der Waals surface area contributed by atoms with Crippen molar-refractivity contribution in [3.05, 3.63) is 53.3 Å². The number of benzene rings is 3. The maximum absolute atomic E-state index is 16.7. The van der Waals surface area contributed by atoms with Gasteiger partial charge in [-0.25, -0.2) is 4.39 Å². The first kappa shape index (κ1) is 27.6. The zero-order valence-electron chi connectivity index (χ0n) is 23.5. The normalized spacial score (nSPS) is 21.2. The van der Waals surface area contributed by atoms with Crippen LogP contribution in [0.1, 0.15) is 25.7 Å². The molecule has 0 amide bonds. The molecule has 2 bridgehead atoms. The van der Waals surface area contributed by atoms with Crippen LogP contribution < -0.4 is 15.0 Å². The van der Waals surface area contributed by atoms with Crippen LogP contribution in [0.3, 0.4) is 0 Å². The van der Waals surface area contributed by atoms with E-state index in [4.69, 9.17) is 26.1 Å². The van der Waals surface area contributed by atoms with E-state index in [1.54, 1.807) is 18.2 Å². The van der Waals surface area contributed by atoms with Crippen LogP contribution >= 0.6 is 11.6 Å². The fourth-order valence-corrected chi connectivity index (χ4v) is 6.94. The standard InChI is InChI=1S/C32H35ClFN5O3/c33-27-17-26-30(29(34)28(27)25-16-23(40)15-20-5-1-2-8-24(20)25)36-32(42-12-4-9-38-10-13-41-14-11-38)37-31(26)39-19-21-6-3-7-22(39)18-35-21/h1-2,5,8,15-17,21-22,35,40H,3-4,6-7,9-14,18-19H2. The molecule has 8 rings (SSSR count). The average Bonchev–Trinajstić information content (AvgIpc) is 3.36. The molecular weight excluding hydrogens is 557 g/mol. The second-order valence-electron chi connectivity index (χ2n) is 11.5. The zero-order valence-corrected chi connectivity index (χ0v) is 24.2. The summed E-state index contributed by atoms with van der Waals surface area (Å²) < 4.78 is 28.3. The van der Waals surface area contributed by atoms with E-state index >= 15 is 4.39 Å². The summed E-state index contributed by atoms with van der Waals surface area (Å²) in [6.45, 7) is 6.30. The molecule has 4 aliphatic heterocycles. The maximum Gasteiger partial charge on any atom is 0.319 e. The number of nitrogens with one attached hydrogen (secondary N) is 1. The van der Waals surface area contributed by atoms with Crippen molar-refractivity contribution >= 4 is 39.1 Å². The second kappa shape index (κ2) is 11.8. The van der Waals surface area contributed by atoms with E-state index in [9.17, 15) is 5.11 Å². The van der Waals surface area contributed by atoms with Crippen LogP contribution in [0.2, 0.25) is 5.02 Å². The van der Waals surface area contributed by atoms with Gasteiger partial charge in [-0.05, 0) is 60.2 Å². The highest BCUT2D eigenvalue weighted by Gasteiger charge is 2.34. The third kappa shape index (κ3) is 5.35. The molecule has 4 aliphatic rings. The molecule has 0 aliphatic carbocycles. The molecule has 2 N–H and O–H groups in total. The molecule has 4 fully saturated rings. The van der Waals surface area contributed by atoms with Crippen LogP contribution in [0.5, 0.6) is 11.8 Å². The monoisotopic (exact) mass is 591 g/mol. The van der Waals surface area contributed by atoms with Crippen LogP contribution in [-0.4, -0.2) is 84.6 Å². The molecule has 42 heavy (non-hydrogen) atoms. The van der Waals surface area contributed by atoms with Crippen molar-refractivity contribution in [1.29, 1.82) is 0 Å². The van der Waals surface area contributed by atoms with Gasteiger partial charge in [0.25, 0.3) is 0 Å². The highest BCUT2D eigenvalue weighted by molar-refractivity contribution is 6.35. The molecule has 220 valence electrons. The summed E-state index contributed by atoms with van der Waals surface area (Å²) in [5.41, 5.74) is 0.891. The van der Waals surface area contributed by atoms with Crippen molar-refractivity contribution in [2.24, 2.45) is 0 Å². The molecule has 8 nitrogen and oxygen atoms in total. The van der Waals surface area contributed by atoms with Crippen LogP contribution in [0, 0.1) is 5.82 Å². The number of ether oxygens (including phenoxy) is 2. The van der Waals surface area contributed by atoms with Gasteiger partial charge in [-0.2, -0.15) is 9.97 Å². The largest absolute Gasteiger partial charge is 0.508 e. The molecule has 5 heterocycles. The number of phenols is 1. The lowest BCUT2D eigenvalue weighted by molar-refractivity contribution is 0.0356. The van der Waals surface area contributed by atoms with E-state index < -0.39 is 5.82 Å². The van der Waals surface area contributed by atoms with Gasteiger partial charge >= 0.3 is 6.01 Å². The highest BCUT2D eigenvalue weighted by atomic mass is 35.5. The number of piperazine rings is 1. The van der Waals surface area contributed by atoms with E-state index in [1.165, 1.54) is 0 Å². The van der Waals surface area contributed by atoms with Crippen molar-refractivity contribution in [3.8, 4) is 22.9 Å². The molecule has 1 aromatic heterocycles. The Balaban J connectivity index is 1.31. The second-order valence-corrected chi connectivity index (χ2v) is 11.9. The molecule has 10 heteroatoms. The summed E-state index contributed by atoms with van der Waals surface area (Å²) in [5.74, 6) is 0.155. The quantitative estimate of drug-likeness (QED) is 0.277. The number of nitrogens with zero attached hydrogens (tertiary/aromatic N) is 4. The van der Waals surface area contributed by atoms with E-state index in [2.05, 4.69) is 20.1 Å². The molecular formula is C32H35ClFN5O3. The Morgan fingerprint density at radius 2 is 1.95 bits per heavy atom. The van der Waals surface area contributed by atoms with Gasteiger partial charge in [-0.3, -0.25) is 4.90 Å². The summed E-state index contributed by atoms with van der Waals surface area (Å²) in [5, 5.41) is 16.5. The lowest BCUT2D eigenvalue weighted by Gasteiger charge is -2.38. The minimum atomic E-state index is -0.548. The number of halogens is 2. The van der Waals surface area contributed by atoms with Crippen molar-refractivity contribution in [2.75, 3.05) is 57.4 Å². The van der Waals surface area contributed by atoms with E-state index in [0.717, 1.165) is 82.4 Å². The van der Waals surface area contributed by atoms with E-state index in [0.29, 0.717) is 29.4 Å².